The quantitative estimate of drug-likeness (QED) is 0.425. The Balaban J connectivity index is 0.00000169. The second-order valence-corrected chi connectivity index (χ2v) is 3.77. The number of ether oxygens (including phenoxy) is 1. The molecule has 0 saturated carbocycles. The van der Waals surface area contributed by atoms with E-state index in [2.05, 4.69) is 0 Å². The van der Waals surface area contributed by atoms with Crippen LogP contribution in [0.4, 0.5) is 5.69 Å². The largest absolute Gasteiger partial charge is 0.497 e. The van der Waals surface area contributed by atoms with Crippen molar-refractivity contribution in [1.29, 1.82) is 0 Å². The molecule has 0 amide bonds. The van der Waals surface area contributed by atoms with Gasteiger partial charge in [-0.15, -0.1) is 0 Å². The molecule has 0 aliphatic rings. The molecule has 0 aliphatic carbocycles. The van der Waals surface area contributed by atoms with Crippen molar-refractivity contribution in [3.63, 3.8) is 0 Å². The Bertz CT molecular complexity index is 418. The summed E-state index contributed by atoms with van der Waals surface area (Å²) >= 11 is 0. The van der Waals surface area contributed by atoms with Gasteiger partial charge >= 0.3 is 0 Å². The molecule has 1 rings (SSSR count). The minimum absolute atomic E-state index is 0. The summed E-state index contributed by atoms with van der Waals surface area (Å²) in [5.74, 6) is 0.321. The summed E-state index contributed by atoms with van der Waals surface area (Å²) in [7, 11) is -2.88. The third-order valence-corrected chi connectivity index (χ3v) is 2.41. The van der Waals surface area contributed by atoms with E-state index in [9.17, 15) is 8.42 Å². The Labute approximate surface area is 104 Å². The molecular weight excluding hydrogens is 217 g/mol. The monoisotopic (exact) mass is 226 g/mol. The molecule has 0 heterocycles. The van der Waals surface area contributed by atoms with Gasteiger partial charge in [0.2, 0.25) is 0 Å². The van der Waals surface area contributed by atoms with Crippen molar-refractivity contribution in [3.8, 4) is 5.75 Å². The normalized spacial score (nSPS) is 10.4. The topological polar surface area (TPSA) is 89.6 Å². The molecule has 0 unspecified atom stereocenters. The maximum Gasteiger partial charge on any atom is 0.296 e. The van der Waals surface area contributed by atoms with E-state index in [1.54, 1.807) is 0 Å². The molecule has 0 aromatic heterocycles. The fourth-order valence-electron chi connectivity index (χ4n) is 0.865. The summed E-state index contributed by atoms with van der Waals surface area (Å²) in [6.07, 6.45) is 0. The zero-order valence-corrected chi connectivity index (χ0v) is 10.7. The third-order valence-electron chi connectivity index (χ3n) is 1.50. The van der Waals surface area contributed by atoms with Crippen molar-refractivity contribution in [2.45, 2.75) is 4.90 Å². The molecule has 0 saturated heterocycles. The summed E-state index contributed by atoms with van der Waals surface area (Å²) in [5.41, 5.74) is 5.32. The third kappa shape index (κ3) is 3.14. The predicted octanol–water partition coefficient (Wildman–Crippen LogP) is 0.143. The van der Waals surface area contributed by atoms with Gasteiger partial charge in [0.05, 0.1) is 12.8 Å². The fraction of sp³-hybridized carbons (Fsp3) is 0.143. The van der Waals surface area contributed by atoms with Gasteiger partial charge in [0, 0.05) is 35.6 Å². The van der Waals surface area contributed by atoms with Gasteiger partial charge in [-0.2, -0.15) is 8.42 Å². The van der Waals surface area contributed by atoms with Gasteiger partial charge in [0.1, 0.15) is 10.6 Å². The van der Waals surface area contributed by atoms with Crippen LogP contribution in [-0.4, -0.2) is 49.6 Å². The first-order chi connectivity index (χ1) is 5.95. The number of hydrogen-bond donors (Lipinski definition) is 2. The molecule has 5 nitrogen and oxygen atoms in total. The van der Waals surface area contributed by atoms with Gasteiger partial charge in [-0.3, -0.25) is 4.55 Å². The molecule has 0 aliphatic heterocycles. The second kappa shape index (κ2) is 4.99. The number of rotatable bonds is 2. The van der Waals surface area contributed by atoms with Gasteiger partial charge < -0.3 is 10.5 Å². The van der Waals surface area contributed by atoms with Crippen molar-refractivity contribution in [2.24, 2.45) is 0 Å². The van der Waals surface area contributed by atoms with E-state index in [0.29, 0.717) is 5.75 Å². The Morgan fingerprint density at radius 3 is 2.43 bits per heavy atom. The standard InChI is InChI=1S/C7H9NO4S.Na/c1-12-5-2-3-6(8)7(4-5)13(9,10)11;/h2-4H,8H2,1H3,(H,9,10,11);. The smallest absolute Gasteiger partial charge is 0.296 e. The van der Waals surface area contributed by atoms with E-state index in [4.69, 9.17) is 15.0 Å². The van der Waals surface area contributed by atoms with Crippen LogP contribution >= 0.6 is 0 Å². The molecule has 73 valence electrons. The molecule has 1 aromatic carbocycles. The van der Waals surface area contributed by atoms with E-state index in [0.717, 1.165) is 6.07 Å². The molecule has 1 radical (unpaired) electrons. The molecule has 14 heavy (non-hydrogen) atoms. The van der Waals surface area contributed by atoms with Crippen molar-refractivity contribution in [2.75, 3.05) is 12.8 Å². The zero-order valence-electron chi connectivity index (χ0n) is 7.89. The van der Waals surface area contributed by atoms with E-state index >= 15 is 0 Å². The summed E-state index contributed by atoms with van der Waals surface area (Å²) in [6, 6.07) is 4.01. The summed E-state index contributed by atoms with van der Waals surface area (Å²) in [4.78, 5) is -0.341. The van der Waals surface area contributed by atoms with Crippen LogP contribution in [0.15, 0.2) is 23.1 Å². The van der Waals surface area contributed by atoms with E-state index in [-0.39, 0.29) is 40.1 Å². The Morgan fingerprint density at radius 1 is 1.43 bits per heavy atom. The van der Waals surface area contributed by atoms with Crippen LogP contribution in [0, 0.1) is 0 Å². The summed E-state index contributed by atoms with van der Waals surface area (Å²) < 4.78 is 35.0. The second-order valence-electron chi connectivity index (χ2n) is 2.38. The number of nitrogen functional groups attached to an aromatic ring is 1. The van der Waals surface area contributed by atoms with Crippen LogP contribution in [0.5, 0.6) is 5.75 Å². The molecule has 0 atom stereocenters. The first kappa shape index (κ1) is 13.7. The molecule has 1 aromatic rings. The molecule has 0 bridgehead atoms. The molecule has 0 spiro atoms. The van der Waals surface area contributed by atoms with Crippen LogP contribution in [0.2, 0.25) is 0 Å². The number of nitrogens with two attached hydrogens (primary N) is 1. The maximum absolute atomic E-state index is 10.7. The number of methoxy groups -OCH3 is 1. The van der Waals surface area contributed by atoms with E-state index in [1.165, 1.54) is 19.2 Å². The molecule has 7 heteroatoms. The summed E-state index contributed by atoms with van der Waals surface area (Å²) in [5, 5.41) is 0. The van der Waals surface area contributed by atoms with E-state index < -0.39 is 10.1 Å². The Hall–Kier alpha value is -0.270. The van der Waals surface area contributed by atoms with Crippen molar-refractivity contribution in [3.05, 3.63) is 18.2 Å². The minimum atomic E-state index is -4.27. The van der Waals surface area contributed by atoms with Crippen molar-refractivity contribution >= 4 is 45.4 Å². The van der Waals surface area contributed by atoms with Crippen molar-refractivity contribution < 1.29 is 17.7 Å². The zero-order chi connectivity index (χ0) is 10.1. The van der Waals surface area contributed by atoms with Crippen LogP contribution in [-0.2, 0) is 10.1 Å². The SMILES string of the molecule is COc1ccc(N)c(S(=O)(=O)O)c1.[Na]. The Morgan fingerprint density at radius 2 is 2.00 bits per heavy atom. The first-order valence-electron chi connectivity index (χ1n) is 3.36. The van der Waals surface area contributed by atoms with Gasteiger partial charge in [-0.1, -0.05) is 0 Å². The van der Waals surface area contributed by atoms with Crippen LogP contribution < -0.4 is 10.5 Å². The maximum atomic E-state index is 10.7. The summed E-state index contributed by atoms with van der Waals surface area (Å²) in [6.45, 7) is 0. The van der Waals surface area contributed by atoms with Crippen LogP contribution in [0.3, 0.4) is 0 Å². The number of benzene rings is 1. The molecule has 0 fully saturated rings. The first-order valence-corrected chi connectivity index (χ1v) is 4.80. The van der Waals surface area contributed by atoms with Crippen LogP contribution in [0.25, 0.3) is 0 Å². The minimum Gasteiger partial charge on any atom is -0.497 e. The van der Waals surface area contributed by atoms with Gasteiger partial charge in [0.15, 0.2) is 0 Å². The average Bonchev–Trinajstić information content (AvgIpc) is 2.03. The van der Waals surface area contributed by atoms with Crippen molar-refractivity contribution in [1.82, 2.24) is 0 Å². The van der Waals surface area contributed by atoms with Gasteiger partial charge in [0.25, 0.3) is 10.1 Å². The number of anilines is 1. The number of hydrogen-bond acceptors (Lipinski definition) is 4. The molecular formula is C7H9NNaO4S. The van der Waals surface area contributed by atoms with Gasteiger partial charge in [-0.25, -0.2) is 0 Å². The van der Waals surface area contributed by atoms with Crippen LogP contribution in [0.1, 0.15) is 0 Å². The molecule has 3 N–H and O–H groups in total. The van der Waals surface area contributed by atoms with Gasteiger partial charge in [-0.05, 0) is 12.1 Å². The van der Waals surface area contributed by atoms with E-state index in [1.807, 2.05) is 0 Å². The Kier molecular flexibility index (Phi) is 4.90. The average molecular weight is 226 g/mol. The fourth-order valence-corrected chi connectivity index (χ4v) is 1.50. The predicted molar refractivity (Wildman–Crippen MR) is 53.0 cm³/mol.